The summed E-state index contributed by atoms with van der Waals surface area (Å²) < 4.78 is 4.96. The van der Waals surface area contributed by atoms with Gasteiger partial charge in [0, 0.05) is 16.6 Å². The molecule has 4 rings (SSSR count). The summed E-state index contributed by atoms with van der Waals surface area (Å²) >= 11 is 0. The lowest BCUT2D eigenvalue weighted by atomic mass is 10.1. The van der Waals surface area contributed by atoms with Crippen LogP contribution in [-0.2, 0) is 4.74 Å². The Balaban J connectivity index is 1.68. The molecule has 0 N–H and O–H groups in total. The molecule has 0 spiro atoms. The number of amides is 1. The highest BCUT2D eigenvalue weighted by Gasteiger charge is 2.23. The van der Waals surface area contributed by atoms with E-state index < -0.39 is 0 Å². The van der Waals surface area contributed by atoms with Crippen LogP contribution in [-0.4, -0.2) is 24.2 Å². The first kappa shape index (κ1) is 12.8. The summed E-state index contributed by atoms with van der Waals surface area (Å²) in [6.07, 6.45) is -0.281. The van der Waals surface area contributed by atoms with Crippen molar-refractivity contribution in [2.75, 3.05) is 18.1 Å². The van der Waals surface area contributed by atoms with E-state index in [0.717, 1.165) is 27.8 Å². The first-order valence-electron chi connectivity index (χ1n) is 7.22. The van der Waals surface area contributed by atoms with Gasteiger partial charge >= 0.3 is 6.09 Å². The molecule has 2 heterocycles. The van der Waals surface area contributed by atoms with Crippen LogP contribution >= 0.6 is 0 Å². The van der Waals surface area contributed by atoms with Crippen molar-refractivity contribution in [1.82, 2.24) is 4.98 Å². The average molecular weight is 290 g/mol. The summed E-state index contributed by atoms with van der Waals surface area (Å²) in [5, 5.41) is 1.13. The smallest absolute Gasteiger partial charge is 0.414 e. The van der Waals surface area contributed by atoms with E-state index >= 15 is 0 Å². The largest absolute Gasteiger partial charge is 0.447 e. The molecule has 0 radical (unpaired) electrons. The normalized spacial score (nSPS) is 14.4. The van der Waals surface area contributed by atoms with Gasteiger partial charge in [0.2, 0.25) is 0 Å². The molecule has 1 saturated heterocycles. The van der Waals surface area contributed by atoms with Crippen LogP contribution in [0.5, 0.6) is 0 Å². The summed E-state index contributed by atoms with van der Waals surface area (Å²) in [4.78, 5) is 17.9. The zero-order valence-corrected chi connectivity index (χ0v) is 11.9. The minimum Gasteiger partial charge on any atom is -0.447 e. The molecule has 108 valence electrons. The quantitative estimate of drug-likeness (QED) is 0.719. The maximum Gasteiger partial charge on any atom is 0.414 e. The van der Waals surface area contributed by atoms with Crippen LogP contribution in [0.25, 0.3) is 22.2 Å². The van der Waals surface area contributed by atoms with E-state index in [-0.39, 0.29) is 6.09 Å². The minimum atomic E-state index is -0.281. The molecule has 2 aromatic carbocycles. The minimum absolute atomic E-state index is 0.281. The van der Waals surface area contributed by atoms with Gasteiger partial charge in [0.05, 0.1) is 17.8 Å². The van der Waals surface area contributed by atoms with Crippen molar-refractivity contribution in [2.24, 2.45) is 0 Å². The molecule has 0 atom stereocenters. The first-order valence-corrected chi connectivity index (χ1v) is 7.22. The van der Waals surface area contributed by atoms with E-state index in [9.17, 15) is 4.79 Å². The summed E-state index contributed by atoms with van der Waals surface area (Å²) in [5.41, 5.74) is 3.79. The summed E-state index contributed by atoms with van der Waals surface area (Å²) in [5.74, 6) is 0. The predicted octanol–water partition coefficient (Wildman–Crippen LogP) is 3.86. The SMILES string of the molecule is O=C1OCCN1c1ccc(-c2ccc3ccccc3n2)cc1. The fraction of sp³-hybridized carbons (Fsp3) is 0.111. The van der Waals surface area contributed by atoms with Crippen LogP contribution in [0, 0.1) is 0 Å². The van der Waals surface area contributed by atoms with Crippen molar-refractivity contribution in [2.45, 2.75) is 0 Å². The number of para-hydroxylation sites is 1. The van der Waals surface area contributed by atoms with Gasteiger partial charge in [-0.05, 0) is 24.3 Å². The van der Waals surface area contributed by atoms with Gasteiger partial charge in [0.25, 0.3) is 0 Å². The number of hydrogen-bond donors (Lipinski definition) is 0. The molecule has 0 bridgehead atoms. The molecule has 4 nitrogen and oxygen atoms in total. The Kier molecular flexibility index (Phi) is 3.00. The third kappa shape index (κ3) is 2.19. The van der Waals surface area contributed by atoms with Crippen molar-refractivity contribution in [3.63, 3.8) is 0 Å². The van der Waals surface area contributed by atoms with Crippen molar-refractivity contribution in [3.8, 4) is 11.3 Å². The lowest BCUT2D eigenvalue weighted by Crippen LogP contribution is -2.23. The summed E-state index contributed by atoms with van der Waals surface area (Å²) in [7, 11) is 0. The van der Waals surface area contributed by atoms with Crippen LogP contribution in [0.3, 0.4) is 0 Å². The van der Waals surface area contributed by atoms with Gasteiger partial charge in [0.1, 0.15) is 6.61 Å². The second kappa shape index (κ2) is 5.15. The highest BCUT2D eigenvalue weighted by Crippen LogP contribution is 2.25. The molecule has 0 saturated carbocycles. The van der Waals surface area contributed by atoms with Gasteiger partial charge in [-0.3, -0.25) is 4.90 Å². The molecular formula is C18H14N2O2. The fourth-order valence-corrected chi connectivity index (χ4v) is 2.67. The molecule has 1 fully saturated rings. The number of cyclic esters (lactones) is 1. The molecule has 1 amide bonds. The van der Waals surface area contributed by atoms with Gasteiger partial charge in [-0.25, -0.2) is 9.78 Å². The number of anilines is 1. The molecular weight excluding hydrogens is 276 g/mol. The molecule has 3 aromatic rings. The van der Waals surface area contributed by atoms with E-state index in [2.05, 4.69) is 11.1 Å². The van der Waals surface area contributed by atoms with E-state index in [1.807, 2.05) is 54.6 Å². The third-order valence-electron chi connectivity index (χ3n) is 3.83. The number of hydrogen-bond acceptors (Lipinski definition) is 3. The van der Waals surface area contributed by atoms with E-state index in [1.54, 1.807) is 4.90 Å². The molecule has 4 heteroatoms. The van der Waals surface area contributed by atoms with Crippen molar-refractivity contribution in [1.29, 1.82) is 0 Å². The Bertz CT molecular complexity index is 843. The number of carbonyl (C=O) groups is 1. The van der Waals surface area contributed by atoms with E-state index in [4.69, 9.17) is 4.74 Å². The Labute approximate surface area is 128 Å². The number of fused-ring (bicyclic) bond motifs is 1. The lowest BCUT2D eigenvalue weighted by molar-refractivity contribution is 0.181. The number of carbonyl (C=O) groups excluding carboxylic acids is 1. The number of aromatic nitrogens is 1. The zero-order chi connectivity index (χ0) is 14.9. The summed E-state index contributed by atoms with van der Waals surface area (Å²) in [6.45, 7) is 1.05. The molecule has 0 unspecified atom stereocenters. The Hall–Kier alpha value is -2.88. The number of nitrogens with zero attached hydrogens (tertiary/aromatic N) is 2. The number of ether oxygens (including phenoxy) is 1. The van der Waals surface area contributed by atoms with Crippen molar-refractivity contribution >= 4 is 22.7 Å². The number of rotatable bonds is 2. The van der Waals surface area contributed by atoms with Gasteiger partial charge in [-0.1, -0.05) is 36.4 Å². The monoisotopic (exact) mass is 290 g/mol. The van der Waals surface area contributed by atoms with Gasteiger partial charge < -0.3 is 4.74 Å². The molecule has 1 aliphatic heterocycles. The van der Waals surface area contributed by atoms with Crippen LogP contribution in [0.2, 0.25) is 0 Å². The number of benzene rings is 2. The summed E-state index contributed by atoms with van der Waals surface area (Å²) in [6, 6.07) is 20.0. The molecule has 0 aliphatic carbocycles. The zero-order valence-electron chi connectivity index (χ0n) is 11.9. The van der Waals surface area contributed by atoms with Crippen molar-refractivity contribution in [3.05, 3.63) is 60.7 Å². The lowest BCUT2D eigenvalue weighted by Gasteiger charge is -2.13. The Morgan fingerprint density at radius 1 is 0.955 bits per heavy atom. The highest BCUT2D eigenvalue weighted by atomic mass is 16.6. The first-order chi connectivity index (χ1) is 10.8. The topological polar surface area (TPSA) is 42.4 Å². The predicted molar refractivity (Wildman–Crippen MR) is 85.9 cm³/mol. The van der Waals surface area contributed by atoms with Crippen molar-refractivity contribution < 1.29 is 9.53 Å². The van der Waals surface area contributed by atoms with Crippen LogP contribution < -0.4 is 4.90 Å². The van der Waals surface area contributed by atoms with Gasteiger partial charge in [-0.2, -0.15) is 0 Å². The average Bonchev–Trinajstić information content (AvgIpc) is 3.01. The van der Waals surface area contributed by atoms with Crippen LogP contribution in [0.4, 0.5) is 10.5 Å². The van der Waals surface area contributed by atoms with Crippen LogP contribution in [0.1, 0.15) is 0 Å². The molecule has 1 aromatic heterocycles. The maximum absolute atomic E-state index is 11.6. The highest BCUT2D eigenvalue weighted by molar-refractivity contribution is 5.89. The molecule has 22 heavy (non-hydrogen) atoms. The fourth-order valence-electron chi connectivity index (χ4n) is 2.67. The van der Waals surface area contributed by atoms with Gasteiger partial charge in [-0.15, -0.1) is 0 Å². The second-order valence-electron chi connectivity index (χ2n) is 5.20. The van der Waals surface area contributed by atoms with Crippen LogP contribution in [0.15, 0.2) is 60.7 Å². The maximum atomic E-state index is 11.6. The van der Waals surface area contributed by atoms with E-state index in [0.29, 0.717) is 13.2 Å². The van der Waals surface area contributed by atoms with E-state index in [1.165, 1.54) is 0 Å². The number of pyridine rings is 1. The standard InChI is InChI=1S/C18H14N2O2/c21-18-20(11-12-22-18)15-8-5-14(6-9-15)17-10-7-13-3-1-2-4-16(13)19-17/h1-10H,11-12H2. The third-order valence-corrected chi connectivity index (χ3v) is 3.83. The Morgan fingerprint density at radius 2 is 1.77 bits per heavy atom. The van der Waals surface area contributed by atoms with Gasteiger partial charge in [0.15, 0.2) is 0 Å². The Morgan fingerprint density at radius 3 is 2.55 bits per heavy atom. The molecule has 1 aliphatic rings. The second-order valence-corrected chi connectivity index (χ2v) is 5.20.